The van der Waals surface area contributed by atoms with E-state index in [9.17, 15) is 14.4 Å². The maximum Gasteiger partial charge on any atom is 0.324 e. The molecule has 0 spiro atoms. The lowest BCUT2D eigenvalue weighted by Crippen LogP contribution is -2.48. The molecule has 174 valence electrons. The lowest BCUT2D eigenvalue weighted by atomic mass is 9.79. The van der Waals surface area contributed by atoms with E-state index >= 15 is 0 Å². The first-order valence-corrected chi connectivity index (χ1v) is 12.1. The monoisotopic (exact) mass is 487 g/mol. The first-order chi connectivity index (χ1) is 15.9. The summed E-state index contributed by atoms with van der Waals surface area (Å²) in [5, 5.41) is 3.41. The number of amides is 4. The Labute approximate surface area is 203 Å². The third-order valence-electron chi connectivity index (χ3n) is 6.69. The van der Waals surface area contributed by atoms with Crippen molar-refractivity contribution in [3.05, 3.63) is 69.7 Å². The van der Waals surface area contributed by atoms with Crippen molar-refractivity contribution in [2.75, 3.05) is 26.2 Å². The summed E-state index contributed by atoms with van der Waals surface area (Å²) in [7, 11) is 0. The number of piperidine rings is 2. The van der Waals surface area contributed by atoms with E-state index in [1.807, 2.05) is 11.0 Å². The molecule has 0 atom stereocenters. The number of rotatable bonds is 3. The molecule has 2 aliphatic rings. The second kappa shape index (κ2) is 10.6. The average molecular weight is 488 g/mol. The minimum absolute atomic E-state index is 0.0348. The molecule has 1 N–H and O–H groups in total. The van der Waals surface area contributed by atoms with Gasteiger partial charge < -0.3 is 9.80 Å². The fourth-order valence-electron chi connectivity index (χ4n) is 4.85. The van der Waals surface area contributed by atoms with Gasteiger partial charge in [-0.05, 0) is 67.9 Å². The molecule has 2 saturated heterocycles. The standard InChI is InChI=1S/C25H27Cl2N3O3/c26-21-14-20(15-22(27)16-21)24(32)29-10-6-17(7-11-29)18-8-12-30(13-9-18)25(33)28-23(31)19-4-2-1-3-5-19/h1-5,14-18H,6-13H2,(H,28,31,33). The maximum atomic E-state index is 12.8. The summed E-state index contributed by atoms with van der Waals surface area (Å²) in [4.78, 5) is 41.1. The fraction of sp³-hybridized carbons (Fsp3) is 0.400. The van der Waals surface area contributed by atoms with Gasteiger partial charge in [-0.3, -0.25) is 14.9 Å². The number of likely N-dealkylation sites (tertiary alicyclic amines) is 2. The lowest BCUT2D eigenvalue weighted by molar-refractivity contribution is 0.0613. The number of imide groups is 1. The van der Waals surface area contributed by atoms with Crippen molar-refractivity contribution >= 4 is 41.0 Å². The smallest absolute Gasteiger partial charge is 0.324 e. The van der Waals surface area contributed by atoms with Crippen LogP contribution in [-0.4, -0.2) is 53.8 Å². The molecule has 8 heteroatoms. The van der Waals surface area contributed by atoms with E-state index < -0.39 is 0 Å². The van der Waals surface area contributed by atoms with Gasteiger partial charge in [0.05, 0.1) is 0 Å². The van der Waals surface area contributed by atoms with E-state index in [2.05, 4.69) is 5.32 Å². The molecule has 0 aromatic heterocycles. The highest BCUT2D eigenvalue weighted by Gasteiger charge is 2.32. The van der Waals surface area contributed by atoms with Crippen molar-refractivity contribution in [1.29, 1.82) is 0 Å². The van der Waals surface area contributed by atoms with Gasteiger partial charge in [0.15, 0.2) is 0 Å². The molecule has 2 fully saturated rings. The zero-order chi connectivity index (χ0) is 23.4. The van der Waals surface area contributed by atoms with Crippen molar-refractivity contribution in [2.45, 2.75) is 25.7 Å². The van der Waals surface area contributed by atoms with E-state index in [0.29, 0.717) is 59.2 Å². The van der Waals surface area contributed by atoms with Gasteiger partial charge >= 0.3 is 6.03 Å². The van der Waals surface area contributed by atoms with Gasteiger partial charge in [-0.1, -0.05) is 41.4 Å². The number of urea groups is 1. The summed E-state index contributed by atoms with van der Waals surface area (Å²) < 4.78 is 0. The zero-order valence-corrected chi connectivity index (χ0v) is 19.8. The van der Waals surface area contributed by atoms with Crippen LogP contribution in [0.15, 0.2) is 48.5 Å². The van der Waals surface area contributed by atoms with Crippen LogP contribution in [0, 0.1) is 11.8 Å². The summed E-state index contributed by atoms with van der Waals surface area (Å²) >= 11 is 12.1. The Morgan fingerprint density at radius 2 is 1.24 bits per heavy atom. The normalized spacial score (nSPS) is 17.6. The minimum atomic E-state index is -0.374. The number of hydrogen-bond donors (Lipinski definition) is 1. The Kier molecular flexibility index (Phi) is 7.56. The van der Waals surface area contributed by atoms with Crippen LogP contribution in [0.3, 0.4) is 0 Å². The second-order valence-corrected chi connectivity index (χ2v) is 9.61. The fourth-order valence-corrected chi connectivity index (χ4v) is 5.37. The molecule has 4 amide bonds. The number of halogens is 2. The van der Waals surface area contributed by atoms with Gasteiger partial charge in [-0.15, -0.1) is 0 Å². The van der Waals surface area contributed by atoms with Crippen molar-refractivity contribution in [3.8, 4) is 0 Å². The number of carbonyl (C=O) groups is 3. The van der Waals surface area contributed by atoms with Crippen LogP contribution in [-0.2, 0) is 0 Å². The molecule has 0 unspecified atom stereocenters. The summed E-state index contributed by atoms with van der Waals surface area (Å²) in [6, 6.07) is 13.4. The van der Waals surface area contributed by atoms with Crippen LogP contribution in [0.5, 0.6) is 0 Å². The largest absolute Gasteiger partial charge is 0.339 e. The summed E-state index contributed by atoms with van der Waals surface area (Å²) in [6.45, 7) is 2.69. The first kappa shape index (κ1) is 23.6. The molecule has 33 heavy (non-hydrogen) atoms. The van der Waals surface area contributed by atoms with Crippen molar-refractivity contribution in [2.24, 2.45) is 11.8 Å². The number of nitrogens with one attached hydrogen (secondary N) is 1. The van der Waals surface area contributed by atoms with Gasteiger partial charge in [0, 0.05) is 47.4 Å². The predicted octanol–water partition coefficient (Wildman–Crippen LogP) is 5.11. The van der Waals surface area contributed by atoms with Crippen LogP contribution in [0.2, 0.25) is 10.0 Å². The van der Waals surface area contributed by atoms with Crippen LogP contribution in [0.25, 0.3) is 0 Å². The summed E-state index contributed by atoms with van der Waals surface area (Å²) in [6.07, 6.45) is 3.72. The lowest BCUT2D eigenvalue weighted by Gasteiger charge is -2.40. The number of hydrogen-bond acceptors (Lipinski definition) is 3. The van der Waals surface area contributed by atoms with Crippen LogP contribution in [0.1, 0.15) is 46.4 Å². The van der Waals surface area contributed by atoms with Crippen LogP contribution >= 0.6 is 23.2 Å². The Balaban J connectivity index is 1.23. The van der Waals surface area contributed by atoms with Gasteiger partial charge in [0.25, 0.3) is 11.8 Å². The van der Waals surface area contributed by atoms with Gasteiger partial charge in [-0.2, -0.15) is 0 Å². The Bertz CT molecular complexity index is 995. The molecule has 2 heterocycles. The first-order valence-electron chi connectivity index (χ1n) is 11.3. The molecule has 4 rings (SSSR count). The van der Waals surface area contributed by atoms with Crippen LogP contribution < -0.4 is 5.32 Å². The quantitative estimate of drug-likeness (QED) is 0.653. The van der Waals surface area contributed by atoms with Gasteiger partial charge in [-0.25, -0.2) is 4.79 Å². The SMILES string of the molecule is O=C(NC(=O)N1CCC(C2CCN(C(=O)c3cc(Cl)cc(Cl)c3)CC2)CC1)c1ccccc1. The van der Waals surface area contributed by atoms with E-state index in [0.717, 1.165) is 25.7 Å². The van der Waals surface area contributed by atoms with Crippen molar-refractivity contribution in [1.82, 2.24) is 15.1 Å². The molecule has 2 aliphatic heterocycles. The highest BCUT2D eigenvalue weighted by Crippen LogP contribution is 2.33. The molecule has 2 aromatic carbocycles. The number of benzene rings is 2. The molecule has 0 aliphatic carbocycles. The zero-order valence-electron chi connectivity index (χ0n) is 18.3. The molecule has 6 nitrogen and oxygen atoms in total. The van der Waals surface area contributed by atoms with E-state index in [-0.39, 0.29) is 17.8 Å². The third kappa shape index (κ3) is 5.87. The van der Waals surface area contributed by atoms with Crippen molar-refractivity contribution < 1.29 is 14.4 Å². The molecule has 2 aromatic rings. The highest BCUT2D eigenvalue weighted by atomic mass is 35.5. The minimum Gasteiger partial charge on any atom is -0.339 e. The molecule has 0 saturated carbocycles. The molecular formula is C25H27Cl2N3O3. The van der Waals surface area contributed by atoms with E-state index in [4.69, 9.17) is 23.2 Å². The Morgan fingerprint density at radius 3 is 1.79 bits per heavy atom. The third-order valence-corrected chi connectivity index (χ3v) is 7.12. The van der Waals surface area contributed by atoms with Crippen LogP contribution in [0.4, 0.5) is 4.79 Å². The molecular weight excluding hydrogens is 461 g/mol. The van der Waals surface area contributed by atoms with Crippen molar-refractivity contribution in [3.63, 3.8) is 0 Å². The van der Waals surface area contributed by atoms with Gasteiger partial charge in [0.1, 0.15) is 0 Å². The second-order valence-electron chi connectivity index (χ2n) is 8.74. The maximum absolute atomic E-state index is 12.8. The number of nitrogens with zero attached hydrogens (tertiary/aromatic N) is 2. The topological polar surface area (TPSA) is 69.7 Å². The van der Waals surface area contributed by atoms with Gasteiger partial charge in [0.2, 0.25) is 0 Å². The Morgan fingerprint density at radius 1 is 0.727 bits per heavy atom. The Hall–Kier alpha value is -2.57. The summed E-state index contributed by atoms with van der Waals surface area (Å²) in [5.74, 6) is 0.651. The number of carbonyl (C=O) groups excluding carboxylic acids is 3. The van der Waals surface area contributed by atoms with E-state index in [1.54, 1.807) is 47.4 Å². The molecule has 0 bridgehead atoms. The summed E-state index contributed by atoms with van der Waals surface area (Å²) in [5.41, 5.74) is 0.998. The average Bonchev–Trinajstić information content (AvgIpc) is 2.83. The molecule has 0 radical (unpaired) electrons. The highest BCUT2D eigenvalue weighted by molar-refractivity contribution is 6.35. The predicted molar refractivity (Wildman–Crippen MR) is 129 cm³/mol. The van der Waals surface area contributed by atoms with E-state index in [1.165, 1.54) is 0 Å².